The molecule has 0 saturated carbocycles. The van der Waals surface area contributed by atoms with Crippen LogP contribution < -0.4 is 5.32 Å². The summed E-state index contributed by atoms with van der Waals surface area (Å²) >= 11 is 0. The highest BCUT2D eigenvalue weighted by Crippen LogP contribution is 1.97. The van der Waals surface area contributed by atoms with Crippen LogP contribution in [0.15, 0.2) is 12.2 Å². The lowest BCUT2D eigenvalue weighted by atomic mass is 10.2. The second kappa shape index (κ2) is 5.75. The van der Waals surface area contributed by atoms with E-state index in [2.05, 4.69) is 23.7 Å². The van der Waals surface area contributed by atoms with Crippen molar-refractivity contribution in [3.63, 3.8) is 0 Å². The highest BCUT2D eigenvalue weighted by molar-refractivity contribution is 5.92. The molecule has 0 aliphatic carbocycles. The third kappa shape index (κ3) is 4.68. The zero-order valence-electron chi connectivity index (χ0n) is 9.05. The van der Waals surface area contributed by atoms with Crippen LogP contribution in [0.4, 0.5) is 0 Å². The summed E-state index contributed by atoms with van der Waals surface area (Å²) in [5.74, 6) is -0.0553. The summed E-state index contributed by atoms with van der Waals surface area (Å²) in [7, 11) is 4.03. The lowest BCUT2D eigenvalue weighted by molar-refractivity contribution is -0.117. The quantitative estimate of drug-likeness (QED) is 0.647. The van der Waals surface area contributed by atoms with E-state index in [0.717, 1.165) is 6.42 Å². The smallest absolute Gasteiger partial charge is 0.246 e. The van der Waals surface area contributed by atoms with Crippen molar-refractivity contribution < 1.29 is 4.79 Å². The molecule has 0 spiro atoms. The molecule has 0 radical (unpaired) electrons. The van der Waals surface area contributed by atoms with E-state index in [-0.39, 0.29) is 5.91 Å². The average Bonchev–Trinajstić information content (AvgIpc) is 2.04. The molecule has 3 nitrogen and oxygen atoms in total. The molecule has 0 rings (SSSR count). The van der Waals surface area contributed by atoms with Gasteiger partial charge in [-0.05, 0) is 27.4 Å². The summed E-state index contributed by atoms with van der Waals surface area (Å²) < 4.78 is 0. The Balaban J connectivity index is 3.85. The van der Waals surface area contributed by atoms with E-state index in [1.165, 1.54) is 0 Å². The lowest BCUT2D eigenvalue weighted by Crippen LogP contribution is -2.39. The van der Waals surface area contributed by atoms with E-state index in [9.17, 15) is 4.79 Å². The van der Waals surface area contributed by atoms with Crippen LogP contribution in [0.2, 0.25) is 0 Å². The summed E-state index contributed by atoms with van der Waals surface area (Å²) in [5.41, 5.74) is 0.564. The van der Waals surface area contributed by atoms with Gasteiger partial charge in [0.2, 0.25) is 5.91 Å². The molecule has 1 amide bonds. The molecule has 1 N–H and O–H groups in total. The molecule has 0 fully saturated rings. The summed E-state index contributed by atoms with van der Waals surface area (Å²) in [6.45, 7) is 8.09. The van der Waals surface area contributed by atoms with Gasteiger partial charge in [-0.25, -0.2) is 0 Å². The van der Waals surface area contributed by atoms with Crippen LogP contribution in [0, 0.1) is 0 Å². The van der Waals surface area contributed by atoms with Gasteiger partial charge in [-0.2, -0.15) is 0 Å². The predicted molar refractivity (Wildman–Crippen MR) is 55.6 cm³/mol. The summed E-state index contributed by atoms with van der Waals surface area (Å²) in [6, 6.07) is 0.406. The van der Waals surface area contributed by atoms with Gasteiger partial charge in [-0.1, -0.05) is 13.5 Å². The monoisotopic (exact) mass is 184 g/mol. The van der Waals surface area contributed by atoms with E-state index >= 15 is 0 Å². The molecule has 0 saturated heterocycles. The molecule has 1 atom stereocenters. The molecular formula is C10H20N2O. The first kappa shape index (κ1) is 12.2. The summed E-state index contributed by atoms with van der Waals surface area (Å²) in [6.07, 6.45) is 1.03. The number of nitrogens with zero attached hydrogens (tertiary/aromatic N) is 1. The van der Waals surface area contributed by atoms with E-state index < -0.39 is 0 Å². The van der Waals surface area contributed by atoms with Crippen molar-refractivity contribution in [2.75, 3.05) is 20.6 Å². The number of carbonyl (C=O) groups excluding carboxylic acids is 1. The van der Waals surface area contributed by atoms with E-state index in [0.29, 0.717) is 18.2 Å². The van der Waals surface area contributed by atoms with Crippen LogP contribution in [0.5, 0.6) is 0 Å². The SMILES string of the molecule is C=C(C)C(=O)NCC(CC)N(C)C. The Hall–Kier alpha value is -0.830. The fourth-order valence-electron chi connectivity index (χ4n) is 1.05. The Labute approximate surface area is 80.8 Å². The van der Waals surface area contributed by atoms with Gasteiger partial charge in [0.05, 0.1) is 0 Å². The molecular weight excluding hydrogens is 164 g/mol. The van der Waals surface area contributed by atoms with Crippen LogP contribution in [0.3, 0.4) is 0 Å². The van der Waals surface area contributed by atoms with Gasteiger partial charge in [0.25, 0.3) is 0 Å². The zero-order chi connectivity index (χ0) is 10.4. The van der Waals surface area contributed by atoms with Crippen LogP contribution in [-0.4, -0.2) is 37.5 Å². The molecule has 0 aromatic rings. The molecule has 0 bridgehead atoms. The number of carbonyl (C=O) groups is 1. The van der Waals surface area contributed by atoms with Gasteiger partial charge in [-0.3, -0.25) is 4.79 Å². The molecule has 0 aromatic carbocycles. The van der Waals surface area contributed by atoms with Crippen molar-refractivity contribution in [2.45, 2.75) is 26.3 Å². The highest BCUT2D eigenvalue weighted by atomic mass is 16.1. The molecule has 76 valence electrons. The van der Waals surface area contributed by atoms with Crippen LogP contribution >= 0.6 is 0 Å². The highest BCUT2D eigenvalue weighted by Gasteiger charge is 2.10. The maximum Gasteiger partial charge on any atom is 0.246 e. The fourth-order valence-corrected chi connectivity index (χ4v) is 1.05. The molecule has 0 heterocycles. The molecule has 0 aliphatic rings. The van der Waals surface area contributed by atoms with Crippen molar-refractivity contribution >= 4 is 5.91 Å². The summed E-state index contributed by atoms with van der Waals surface area (Å²) in [4.78, 5) is 13.3. The lowest BCUT2D eigenvalue weighted by Gasteiger charge is -2.22. The van der Waals surface area contributed by atoms with Crippen molar-refractivity contribution in [1.29, 1.82) is 0 Å². The Morgan fingerprint density at radius 1 is 1.54 bits per heavy atom. The van der Waals surface area contributed by atoms with Gasteiger partial charge in [-0.15, -0.1) is 0 Å². The number of hydrogen-bond donors (Lipinski definition) is 1. The zero-order valence-corrected chi connectivity index (χ0v) is 9.05. The third-order valence-corrected chi connectivity index (χ3v) is 2.09. The molecule has 3 heteroatoms. The number of amides is 1. The topological polar surface area (TPSA) is 32.3 Å². The van der Waals surface area contributed by atoms with Crippen LogP contribution in [-0.2, 0) is 4.79 Å². The molecule has 1 unspecified atom stereocenters. The van der Waals surface area contributed by atoms with Gasteiger partial charge in [0.15, 0.2) is 0 Å². The number of nitrogens with one attached hydrogen (secondary N) is 1. The maximum absolute atomic E-state index is 11.2. The Bertz CT molecular complexity index is 187. The maximum atomic E-state index is 11.2. The first-order chi connectivity index (χ1) is 5.99. The minimum atomic E-state index is -0.0553. The third-order valence-electron chi connectivity index (χ3n) is 2.09. The number of rotatable bonds is 5. The second-order valence-corrected chi connectivity index (χ2v) is 3.52. The van der Waals surface area contributed by atoms with E-state index in [1.807, 2.05) is 14.1 Å². The Morgan fingerprint density at radius 3 is 2.38 bits per heavy atom. The summed E-state index contributed by atoms with van der Waals surface area (Å²) in [5, 5.41) is 2.83. The van der Waals surface area contributed by atoms with Crippen molar-refractivity contribution in [3.05, 3.63) is 12.2 Å². The predicted octanol–water partition coefficient (Wildman–Crippen LogP) is 1.02. The normalized spacial score (nSPS) is 12.7. The Morgan fingerprint density at radius 2 is 2.08 bits per heavy atom. The van der Waals surface area contributed by atoms with Gasteiger partial charge in [0, 0.05) is 18.2 Å². The average molecular weight is 184 g/mol. The Kier molecular flexibility index (Phi) is 5.39. The van der Waals surface area contributed by atoms with E-state index in [1.54, 1.807) is 6.92 Å². The first-order valence-corrected chi connectivity index (χ1v) is 4.59. The molecule has 13 heavy (non-hydrogen) atoms. The minimum Gasteiger partial charge on any atom is -0.351 e. The van der Waals surface area contributed by atoms with Gasteiger partial charge >= 0.3 is 0 Å². The van der Waals surface area contributed by atoms with Gasteiger partial charge < -0.3 is 10.2 Å². The van der Waals surface area contributed by atoms with E-state index in [4.69, 9.17) is 0 Å². The number of hydrogen-bond acceptors (Lipinski definition) is 2. The first-order valence-electron chi connectivity index (χ1n) is 4.59. The largest absolute Gasteiger partial charge is 0.351 e. The second-order valence-electron chi connectivity index (χ2n) is 3.52. The molecule has 0 aromatic heterocycles. The van der Waals surface area contributed by atoms with Gasteiger partial charge in [0.1, 0.15) is 0 Å². The molecule has 0 aliphatic heterocycles. The standard InChI is InChI=1S/C10H20N2O/c1-6-9(12(4)5)7-11-10(13)8(2)3/h9H,2,6-7H2,1,3-5H3,(H,11,13). The fraction of sp³-hybridized carbons (Fsp3) is 0.700. The van der Waals surface area contributed by atoms with Crippen molar-refractivity contribution in [2.24, 2.45) is 0 Å². The van der Waals surface area contributed by atoms with Crippen molar-refractivity contribution in [1.82, 2.24) is 10.2 Å². The minimum absolute atomic E-state index is 0.0553. The number of likely N-dealkylation sites (N-methyl/N-ethyl adjacent to an activating group) is 1. The van der Waals surface area contributed by atoms with Crippen molar-refractivity contribution in [3.8, 4) is 0 Å². The van der Waals surface area contributed by atoms with Crippen LogP contribution in [0.1, 0.15) is 20.3 Å². The van der Waals surface area contributed by atoms with Crippen LogP contribution in [0.25, 0.3) is 0 Å².